The lowest BCUT2D eigenvalue weighted by Crippen LogP contribution is -2.54. The van der Waals surface area contributed by atoms with Gasteiger partial charge in [-0.05, 0) is 74.2 Å². The quantitative estimate of drug-likeness (QED) is 0.542. The van der Waals surface area contributed by atoms with E-state index in [-0.39, 0.29) is 10.8 Å². The zero-order chi connectivity index (χ0) is 18.6. The molecule has 0 spiro atoms. The zero-order valence-corrected chi connectivity index (χ0v) is 16.3. The average Bonchev–Trinajstić information content (AvgIpc) is 2.87. The molecule has 0 amide bonds. The number of hydrogen-bond acceptors (Lipinski definition) is 2. The third-order valence-electron chi connectivity index (χ3n) is 8.66. The SMILES string of the molecule is C=CCC#C[C@]1(O)CC[C@H]2[C@@H]3CCC4=CC(=O)CC[C@]4(C)[C@H]3CC[C@@]21C. The Morgan fingerprint density at radius 2 is 1.96 bits per heavy atom. The van der Waals surface area contributed by atoms with Crippen LogP contribution in [-0.2, 0) is 4.79 Å². The lowest BCUT2D eigenvalue weighted by Gasteiger charge is -2.58. The molecular formula is C24H32O2. The summed E-state index contributed by atoms with van der Waals surface area (Å²) in [5.41, 5.74) is 0.681. The third-order valence-corrected chi connectivity index (χ3v) is 8.66. The van der Waals surface area contributed by atoms with Gasteiger partial charge in [0.05, 0.1) is 0 Å². The summed E-state index contributed by atoms with van der Waals surface area (Å²) in [5.74, 6) is 8.59. The Labute approximate surface area is 158 Å². The van der Waals surface area contributed by atoms with Gasteiger partial charge >= 0.3 is 0 Å². The largest absolute Gasteiger partial charge is 0.377 e. The molecule has 4 aliphatic carbocycles. The predicted octanol–water partition coefficient (Wildman–Crippen LogP) is 4.83. The number of aliphatic hydroxyl groups is 1. The lowest BCUT2D eigenvalue weighted by atomic mass is 9.46. The molecule has 4 aliphatic rings. The van der Waals surface area contributed by atoms with Crippen LogP contribution in [0, 0.1) is 40.4 Å². The number of ketones is 1. The van der Waals surface area contributed by atoms with Gasteiger partial charge in [0.1, 0.15) is 5.60 Å². The van der Waals surface area contributed by atoms with Crippen molar-refractivity contribution in [2.75, 3.05) is 0 Å². The van der Waals surface area contributed by atoms with Crippen molar-refractivity contribution in [2.24, 2.45) is 28.6 Å². The molecule has 0 aliphatic heterocycles. The second kappa shape index (κ2) is 6.10. The van der Waals surface area contributed by atoms with Gasteiger partial charge in [-0.25, -0.2) is 0 Å². The summed E-state index contributed by atoms with van der Waals surface area (Å²) in [5, 5.41) is 11.4. The van der Waals surface area contributed by atoms with Crippen LogP contribution < -0.4 is 0 Å². The van der Waals surface area contributed by atoms with Crippen molar-refractivity contribution in [3.8, 4) is 11.8 Å². The Balaban J connectivity index is 1.65. The molecule has 26 heavy (non-hydrogen) atoms. The van der Waals surface area contributed by atoms with Gasteiger partial charge in [0.15, 0.2) is 5.78 Å². The fraction of sp³-hybridized carbons (Fsp3) is 0.708. The minimum absolute atomic E-state index is 0.0929. The monoisotopic (exact) mass is 352 g/mol. The van der Waals surface area contributed by atoms with E-state index < -0.39 is 5.60 Å². The molecule has 0 heterocycles. The minimum atomic E-state index is -0.842. The van der Waals surface area contributed by atoms with Gasteiger partial charge < -0.3 is 5.11 Å². The van der Waals surface area contributed by atoms with Gasteiger partial charge in [-0.3, -0.25) is 4.79 Å². The lowest BCUT2D eigenvalue weighted by molar-refractivity contribution is -0.119. The first-order valence-electron chi connectivity index (χ1n) is 10.4. The number of fused-ring (bicyclic) bond motifs is 5. The Bertz CT molecular complexity index is 722. The molecule has 0 bridgehead atoms. The van der Waals surface area contributed by atoms with E-state index in [0.717, 1.165) is 38.5 Å². The number of allylic oxidation sites excluding steroid dienone is 2. The summed E-state index contributed by atoms with van der Waals surface area (Å²) in [4.78, 5) is 11.9. The molecule has 2 nitrogen and oxygen atoms in total. The van der Waals surface area contributed by atoms with Gasteiger partial charge in [-0.2, -0.15) is 0 Å². The summed E-state index contributed by atoms with van der Waals surface area (Å²) in [6.45, 7) is 8.44. The fourth-order valence-electron chi connectivity index (χ4n) is 7.05. The van der Waals surface area contributed by atoms with Crippen LogP contribution in [0.5, 0.6) is 0 Å². The summed E-state index contributed by atoms with van der Waals surface area (Å²) in [6, 6.07) is 0. The first-order chi connectivity index (χ1) is 12.3. The zero-order valence-electron chi connectivity index (χ0n) is 16.3. The van der Waals surface area contributed by atoms with Crippen molar-refractivity contribution in [2.45, 2.75) is 77.2 Å². The van der Waals surface area contributed by atoms with Crippen LogP contribution in [0.2, 0.25) is 0 Å². The molecule has 0 aromatic carbocycles. The molecule has 2 heteroatoms. The summed E-state index contributed by atoms with van der Waals surface area (Å²) >= 11 is 0. The highest BCUT2D eigenvalue weighted by Gasteiger charge is 2.63. The average molecular weight is 353 g/mol. The molecule has 140 valence electrons. The van der Waals surface area contributed by atoms with E-state index in [9.17, 15) is 9.90 Å². The molecular weight excluding hydrogens is 320 g/mol. The van der Waals surface area contributed by atoms with Gasteiger partial charge in [0, 0.05) is 18.3 Å². The number of hydrogen-bond donors (Lipinski definition) is 1. The fourth-order valence-corrected chi connectivity index (χ4v) is 7.05. The van der Waals surface area contributed by atoms with Crippen molar-refractivity contribution in [3.63, 3.8) is 0 Å². The van der Waals surface area contributed by atoms with E-state index in [4.69, 9.17) is 0 Å². The van der Waals surface area contributed by atoms with Crippen molar-refractivity contribution in [1.29, 1.82) is 0 Å². The maximum Gasteiger partial charge on any atom is 0.155 e. The molecule has 0 radical (unpaired) electrons. The Morgan fingerprint density at radius 1 is 1.19 bits per heavy atom. The third kappa shape index (κ3) is 2.40. The van der Waals surface area contributed by atoms with Crippen LogP contribution in [-0.4, -0.2) is 16.5 Å². The summed E-state index contributed by atoms with van der Waals surface area (Å²) < 4.78 is 0. The Kier molecular flexibility index (Phi) is 4.23. The second-order valence-electron chi connectivity index (χ2n) is 9.62. The van der Waals surface area contributed by atoms with E-state index in [0.29, 0.717) is 36.4 Å². The van der Waals surface area contributed by atoms with Gasteiger partial charge in [-0.1, -0.05) is 37.3 Å². The van der Waals surface area contributed by atoms with Gasteiger partial charge in [0.2, 0.25) is 0 Å². The van der Waals surface area contributed by atoms with Crippen molar-refractivity contribution in [3.05, 3.63) is 24.3 Å². The number of carbonyl (C=O) groups is 1. The highest BCUT2D eigenvalue weighted by atomic mass is 16.3. The van der Waals surface area contributed by atoms with Gasteiger partial charge in [-0.15, -0.1) is 6.58 Å². The molecule has 3 saturated carbocycles. The van der Waals surface area contributed by atoms with E-state index >= 15 is 0 Å². The summed E-state index contributed by atoms with van der Waals surface area (Å²) in [7, 11) is 0. The highest BCUT2D eigenvalue weighted by molar-refractivity contribution is 5.91. The Morgan fingerprint density at radius 3 is 2.73 bits per heavy atom. The molecule has 4 rings (SSSR count). The van der Waals surface area contributed by atoms with Gasteiger partial charge in [0.25, 0.3) is 0 Å². The molecule has 1 N–H and O–H groups in total. The van der Waals surface area contributed by atoms with E-state index in [1.807, 2.05) is 12.2 Å². The van der Waals surface area contributed by atoms with Crippen molar-refractivity contribution >= 4 is 5.78 Å². The topological polar surface area (TPSA) is 37.3 Å². The maximum absolute atomic E-state index is 11.9. The first-order valence-corrected chi connectivity index (χ1v) is 10.4. The molecule has 0 aromatic heterocycles. The maximum atomic E-state index is 11.9. The van der Waals surface area contributed by atoms with Crippen LogP contribution >= 0.6 is 0 Å². The van der Waals surface area contributed by atoms with Crippen molar-refractivity contribution in [1.82, 2.24) is 0 Å². The first kappa shape index (κ1) is 18.1. The highest BCUT2D eigenvalue weighted by Crippen LogP contribution is 2.67. The summed E-state index contributed by atoms with van der Waals surface area (Å²) in [6.07, 6.45) is 12.5. The molecule has 0 aromatic rings. The Hall–Kier alpha value is -1.33. The number of carbonyl (C=O) groups excluding carboxylic acids is 1. The number of rotatable bonds is 1. The smallest absolute Gasteiger partial charge is 0.155 e. The van der Waals surface area contributed by atoms with Crippen LogP contribution in [0.1, 0.15) is 71.6 Å². The van der Waals surface area contributed by atoms with Crippen LogP contribution in [0.15, 0.2) is 24.3 Å². The molecule has 0 saturated heterocycles. The molecule has 3 fully saturated rings. The predicted molar refractivity (Wildman–Crippen MR) is 104 cm³/mol. The van der Waals surface area contributed by atoms with E-state index in [1.54, 1.807) is 0 Å². The minimum Gasteiger partial charge on any atom is -0.377 e. The second-order valence-corrected chi connectivity index (χ2v) is 9.62. The van der Waals surface area contributed by atoms with Crippen LogP contribution in [0.4, 0.5) is 0 Å². The van der Waals surface area contributed by atoms with Crippen LogP contribution in [0.25, 0.3) is 0 Å². The van der Waals surface area contributed by atoms with Crippen molar-refractivity contribution < 1.29 is 9.90 Å². The van der Waals surface area contributed by atoms with Crippen LogP contribution in [0.3, 0.4) is 0 Å². The normalized spacial score (nSPS) is 47.0. The molecule has 0 unspecified atom stereocenters. The molecule has 6 atom stereocenters. The van der Waals surface area contributed by atoms with E-state index in [2.05, 4.69) is 32.3 Å². The van der Waals surface area contributed by atoms with E-state index in [1.165, 1.54) is 12.0 Å². The standard InChI is InChI=1S/C24H32O2/c1-4-5-6-12-24(26)15-11-21-19-8-7-17-16-18(25)9-13-22(17,2)20(19)10-14-23(21,24)3/h4,16,19-21,26H,1,5,7-11,13-15H2,2-3H3/t19-,20+,21+,22+,23+,24+/m1/s1.